The number of rotatable bonds is 8. The first kappa shape index (κ1) is 21.8. The Morgan fingerprint density at radius 3 is 2.69 bits per heavy atom. The van der Waals surface area contributed by atoms with E-state index in [4.69, 9.17) is 20.9 Å². The highest BCUT2D eigenvalue weighted by Gasteiger charge is 2.28. The van der Waals surface area contributed by atoms with Gasteiger partial charge in [-0.25, -0.2) is 4.79 Å². The highest BCUT2D eigenvalue weighted by Crippen LogP contribution is 2.24. The number of hydrogen-bond acceptors (Lipinski definition) is 7. The normalized spacial score (nSPS) is 17.7. The standard InChI is InChI=1S/C21H35N5O3/c1-24-21(22,23)29-20(27)26-13-9-17-7-8-19(15-18(17)16-26)28-14-6-5-12-25-10-3-2-4-11-25/h7-8,15,24H,2-6,9-14,16,22-23H2,1H3. The van der Waals surface area contributed by atoms with Crippen LogP contribution in [0.3, 0.4) is 0 Å². The van der Waals surface area contributed by atoms with E-state index in [1.54, 1.807) is 4.90 Å². The minimum Gasteiger partial charge on any atom is -0.494 e. The monoisotopic (exact) mass is 405 g/mol. The Morgan fingerprint density at radius 2 is 1.93 bits per heavy atom. The van der Waals surface area contributed by atoms with Crippen LogP contribution in [0.5, 0.6) is 5.75 Å². The predicted octanol–water partition coefficient (Wildman–Crippen LogP) is 1.57. The van der Waals surface area contributed by atoms with Crippen molar-refractivity contribution in [3.05, 3.63) is 29.3 Å². The lowest BCUT2D eigenvalue weighted by molar-refractivity contribution is -0.0221. The number of nitrogens with zero attached hydrogens (tertiary/aromatic N) is 2. The molecular formula is C21H35N5O3. The molecule has 162 valence electrons. The van der Waals surface area contributed by atoms with Crippen molar-refractivity contribution in [2.24, 2.45) is 11.5 Å². The molecule has 2 aliphatic rings. The second kappa shape index (κ2) is 10.2. The molecule has 8 nitrogen and oxygen atoms in total. The van der Waals surface area contributed by atoms with Crippen molar-refractivity contribution in [1.82, 2.24) is 15.1 Å². The topological polar surface area (TPSA) is 106 Å². The molecule has 1 saturated heterocycles. The summed E-state index contributed by atoms with van der Waals surface area (Å²) in [6, 6.07) is 6.13. The molecule has 1 fully saturated rings. The predicted molar refractivity (Wildman–Crippen MR) is 112 cm³/mol. The first-order chi connectivity index (χ1) is 14.0. The number of likely N-dealkylation sites (tertiary alicyclic amines) is 1. The summed E-state index contributed by atoms with van der Waals surface area (Å²) in [5.41, 5.74) is 13.6. The number of fused-ring (bicyclic) bond motifs is 1. The Hall–Kier alpha value is -1.87. The van der Waals surface area contributed by atoms with Crippen LogP contribution < -0.4 is 21.5 Å². The van der Waals surface area contributed by atoms with E-state index in [2.05, 4.69) is 16.3 Å². The number of benzene rings is 1. The zero-order valence-electron chi connectivity index (χ0n) is 17.5. The molecule has 0 aliphatic carbocycles. The van der Waals surface area contributed by atoms with Gasteiger partial charge in [-0.05, 0) is 82.0 Å². The van der Waals surface area contributed by atoms with Gasteiger partial charge in [-0.1, -0.05) is 12.5 Å². The molecule has 0 spiro atoms. The molecule has 3 rings (SSSR count). The minimum atomic E-state index is -1.67. The maximum absolute atomic E-state index is 12.3. The Morgan fingerprint density at radius 1 is 1.14 bits per heavy atom. The summed E-state index contributed by atoms with van der Waals surface area (Å²) in [4.78, 5) is 16.5. The molecule has 8 heteroatoms. The number of amides is 1. The largest absolute Gasteiger partial charge is 0.494 e. The van der Waals surface area contributed by atoms with E-state index >= 15 is 0 Å². The van der Waals surface area contributed by atoms with Gasteiger partial charge in [0.2, 0.25) is 0 Å². The second-order valence-corrected chi connectivity index (χ2v) is 7.97. The fourth-order valence-corrected chi connectivity index (χ4v) is 3.85. The van der Waals surface area contributed by atoms with Crippen LogP contribution in [-0.2, 0) is 17.7 Å². The van der Waals surface area contributed by atoms with Crippen LogP contribution in [0.1, 0.15) is 43.2 Å². The number of nitrogens with one attached hydrogen (secondary N) is 1. The van der Waals surface area contributed by atoms with Gasteiger partial charge in [-0.3, -0.25) is 16.8 Å². The van der Waals surface area contributed by atoms with E-state index < -0.39 is 12.1 Å². The first-order valence-corrected chi connectivity index (χ1v) is 10.7. The van der Waals surface area contributed by atoms with Crippen molar-refractivity contribution in [2.75, 3.05) is 39.8 Å². The summed E-state index contributed by atoms with van der Waals surface area (Å²) in [7, 11) is 1.54. The number of unbranched alkanes of at least 4 members (excludes halogenated alkanes) is 1. The summed E-state index contributed by atoms with van der Waals surface area (Å²) in [5.74, 6) is -0.824. The quantitative estimate of drug-likeness (QED) is 0.445. The van der Waals surface area contributed by atoms with Crippen LogP contribution in [0.25, 0.3) is 0 Å². The third kappa shape index (κ3) is 6.57. The zero-order chi connectivity index (χ0) is 20.7. The average Bonchev–Trinajstić information content (AvgIpc) is 2.73. The van der Waals surface area contributed by atoms with Crippen molar-refractivity contribution in [3.8, 4) is 5.75 Å². The first-order valence-electron chi connectivity index (χ1n) is 10.7. The third-order valence-corrected chi connectivity index (χ3v) is 5.68. The van der Waals surface area contributed by atoms with Crippen LogP contribution in [0.2, 0.25) is 0 Å². The van der Waals surface area contributed by atoms with E-state index in [0.717, 1.165) is 30.6 Å². The molecule has 0 unspecified atom stereocenters. The van der Waals surface area contributed by atoms with E-state index in [9.17, 15) is 4.79 Å². The second-order valence-electron chi connectivity index (χ2n) is 7.97. The molecule has 5 N–H and O–H groups in total. The smallest absolute Gasteiger partial charge is 0.413 e. The van der Waals surface area contributed by atoms with Crippen molar-refractivity contribution < 1.29 is 14.3 Å². The molecule has 29 heavy (non-hydrogen) atoms. The maximum atomic E-state index is 12.3. The van der Waals surface area contributed by atoms with Crippen LogP contribution in [0.4, 0.5) is 4.79 Å². The number of ether oxygens (including phenoxy) is 2. The van der Waals surface area contributed by atoms with Gasteiger partial charge in [0.25, 0.3) is 5.97 Å². The molecule has 0 radical (unpaired) electrons. The van der Waals surface area contributed by atoms with E-state index in [1.165, 1.54) is 51.5 Å². The van der Waals surface area contributed by atoms with Gasteiger partial charge in [-0.15, -0.1) is 0 Å². The van der Waals surface area contributed by atoms with E-state index in [0.29, 0.717) is 19.7 Å². The Balaban J connectivity index is 1.44. The van der Waals surface area contributed by atoms with Crippen LogP contribution >= 0.6 is 0 Å². The Labute approximate surface area is 173 Å². The Kier molecular flexibility index (Phi) is 7.71. The van der Waals surface area contributed by atoms with Gasteiger partial charge < -0.3 is 19.3 Å². The van der Waals surface area contributed by atoms with Crippen molar-refractivity contribution in [3.63, 3.8) is 0 Å². The molecule has 1 aromatic rings. The van der Waals surface area contributed by atoms with Gasteiger partial charge in [-0.2, -0.15) is 0 Å². The fourth-order valence-electron chi connectivity index (χ4n) is 3.85. The van der Waals surface area contributed by atoms with Gasteiger partial charge in [0, 0.05) is 13.1 Å². The van der Waals surface area contributed by atoms with Crippen molar-refractivity contribution in [1.29, 1.82) is 0 Å². The van der Waals surface area contributed by atoms with Crippen LogP contribution in [0.15, 0.2) is 18.2 Å². The van der Waals surface area contributed by atoms with Gasteiger partial charge >= 0.3 is 6.09 Å². The molecule has 1 aromatic carbocycles. The Bertz CT molecular complexity index is 676. The number of piperidine rings is 1. The number of carbonyl (C=O) groups is 1. The highest BCUT2D eigenvalue weighted by molar-refractivity contribution is 5.68. The van der Waals surface area contributed by atoms with E-state index in [1.807, 2.05) is 12.1 Å². The summed E-state index contributed by atoms with van der Waals surface area (Å²) in [6.07, 6.45) is 6.50. The van der Waals surface area contributed by atoms with Crippen LogP contribution in [0, 0.1) is 0 Å². The fraction of sp³-hybridized carbons (Fsp3) is 0.667. The van der Waals surface area contributed by atoms with Gasteiger partial charge in [0.15, 0.2) is 0 Å². The number of carbonyl (C=O) groups excluding carboxylic acids is 1. The number of nitrogens with two attached hydrogens (primary N) is 2. The molecule has 2 heterocycles. The lowest BCUT2D eigenvalue weighted by Crippen LogP contribution is -2.63. The molecule has 0 saturated carbocycles. The molecule has 0 atom stereocenters. The molecule has 1 amide bonds. The zero-order valence-corrected chi connectivity index (χ0v) is 17.5. The summed E-state index contributed by atoms with van der Waals surface area (Å²) in [6.45, 7) is 5.40. The van der Waals surface area contributed by atoms with E-state index in [-0.39, 0.29) is 0 Å². The summed E-state index contributed by atoms with van der Waals surface area (Å²) >= 11 is 0. The van der Waals surface area contributed by atoms with Gasteiger partial charge in [0.05, 0.1) is 6.61 Å². The minimum absolute atomic E-state index is 0.458. The average molecular weight is 406 g/mol. The van der Waals surface area contributed by atoms with Crippen molar-refractivity contribution in [2.45, 2.75) is 51.0 Å². The lowest BCUT2D eigenvalue weighted by atomic mass is 10.00. The SMILES string of the molecule is CNC(N)(N)OC(=O)N1CCc2ccc(OCCCCN3CCCCC3)cc2C1. The third-order valence-electron chi connectivity index (χ3n) is 5.68. The van der Waals surface area contributed by atoms with Crippen LogP contribution in [-0.4, -0.2) is 61.7 Å². The molecule has 2 aliphatic heterocycles. The lowest BCUT2D eigenvalue weighted by Gasteiger charge is -2.32. The highest BCUT2D eigenvalue weighted by atomic mass is 16.6. The number of hydrogen-bond donors (Lipinski definition) is 3. The molecule has 0 aromatic heterocycles. The molecular weight excluding hydrogens is 370 g/mol. The molecule has 0 bridgehead atoms. The summed E-state index contributed by atoms with van der Waals surface area (Å²) in [5, 5.41) is 2.56. The maximum Gasteiger partial charge on any atom is 0.413 e. The van der Waals surface area contributed by atoms with Crippen molar-refractivity contribution >= 4 is 6.09 Å². The van der Waals surface area contributed by atoms with Gasteiger partial charge in [0.1, 0.15) is 5.75 Å². The summed E-state index contributed by atoms with van der Waals surface area (Å²) < 4.78 is 11.1.